The summed E-state index contributed by atoms with van der Waals surface area (Å²) < 4.78 is 46.4. The van der Waals surface area contributed by atoms with Gasteiger partial charge in [0.15, 0.2) is 0 Å². The second kappa shape index (κ2) is 9.60. The van der Waals surface area contributed by atoms with Gasteiger partial charge in [-0.15, -0.1) is 0 Å². The average molecular weight is 454 g/mol. The third-order valence-corrected chi connectivity index (χ3v) is 6.11. The highest BCUT2D eigenvalue weighted by Gasteiger charge is 2.34. The van der Waals surface area contributed by atoms with E-state index in [-0.39, 0.29) is 36.1 Å². The first-order valence-electron chi connectivity index (χ1n) is 10.9. The number of alkyl halides is 3. The molecule has 0 radical (unpaired) electrons. The van der Waals surface area contributed by atoms with Crippen molar-refractivity contribution in [1.82, 2.24) is 15.1 Å². The molecule has 0 bridgehead atoms. The normalized spacial score (nSPS) is 23.5. The summed E-state index contributed by atoms with van der Waals surface area (Å²) in [6, 6.07) is 0.00783. The van der Waals surface area contributed by atoms with Crippen molar-refractivity contribution in [3.05, 3.63) is 44.9 Å². The molecule has 1 heterocycles. The van der Waals surface area contributed by atoms with Crippen LogP contribution < -0.4 is 10.9 Å². The Morgan fingerprint density at radius 1 is 1.25 bits per heavy atom. The zero-order chi connectivity index (χ0) is 23.6. The van der Waals surface area contributed by atoms with E-state index in [1.54, 1.807) is 14.0 Å². The summed E-state index contributed by atoms with van der Waals surface area (Å²) in [6.07, 6.45) is 2.22. The van der Waals surface area contributed by atoms with Crippen molar-refractivity contribution < 1.29 is 22.7 Å². The van der Waals surface area contributed by atoms with Gasteiger partial charge in [0, 0.05) is 24.6 Å². The number of carbonyl (C=O) groups is 1. The summed E-state index contributed by atoms with van der Waals surface area (Å²) in [5.41, 5.74) is -0.214. The molecule has 3 rings (SSSR count). The molecule has 32 heavy (non-hydrogen) atoms. The van der Waals surface area contributed by atoms with Crippen LogP contribution in [-0.4, -0.2) is 41.1 Å². The van der Waals surface area contributed by atoms with E-state index in [2.05, 4.69) is 10.4 Å². The molecule has 1 aromatic rings. The lowest BCUT2D eigenvalue weighted by Crippen LogP contribution is -2.42. The summed E-state index contributed by atoms with van der Waals surface area (Å²) in [5.74, 6) is -1.12. The van der Waals surface area contributed by atoms with Crippen molar-refractivity contribution >= 4 is 12.0 Å². The van der Waals surface area contributed by atoms with Gasteiger partial charge in [0.05, 0.1) is 17.4 Å². The highest BCUT2D eigenvalue weighted by molar-refractivity contribution is 5.76. The molecule has 1 amide bonds. The number of ether oxygens (including phenoxy) is 1. The SMILES string of the molecule is COC1CCC(NC(=O)Cn2nc(C(C)C)c3c(c2=O)C=CC(C(F)(F)F)=CC3C)CC1. The molecule has 0 aliphatic heterocycles. The van der Waals surface area contributed by atoms with E-state index >= 15 is 0 Å². The van der Waals surface area contributed by atoms with Gasteiger partial charge in [-0.2, -0.15) is 18.3 Å². The molecule has 9 heteroatoms. The molecule has 2 aliphatic carbocycles. The lowest BCUT2D eigenvalue weighted by Gasteiger charge is -2.28. The Kier molecular flexibility index (Phi) is 7.27. The van der Waals surface area contributed by atoms with Crippen LogP contribution in [0.4, 0.5) is 13.2 Å². The number of hydrogen-bond acceptors (Lipinski definition) is 4. The summed E-state index contributed by atoms with van der Waals surface area (Å²) in [4.78, 5) is 25.7. The minimum atomic E-state index is -4.51. The van der Waals surface area contributed by atoms with Crippen LogP contribution >= 0.6 is 0 Å². The molecular formula is C23H30F3N3O3. The Labute approximate surface area is 185 Å². The van der Waals surface area contributed by atoms with Crippen LogP contribution in [0.15, 0.2) is 22.5 Å². The topological polar surface area (TPSA) is 73.2 Å². The minimum Gasteiger partial charge on any atom is -0.381 e. The Bertz CT molecular complexity index is 971. The van der Waals surface area contributed by atoms with E-state index in [0.717, 1.165) is 42.5 Å². The molecular weight excluding hydrogens is 423 g/mol. The Morgan fingerprint density at radius 3 is 2.47 bits per heavy atom. The number of nitrogens with zero attached hydrogens (tertiary/aromatic N) is 2. The van der Waals surface area contributed by atoms with Gasteiger partial charge in [0.25, 0.3) is 5.56 Å². The number of allylic oxidation sites excluding steroid dienone is 3. The highest BCUT2D eigenvalue weighted by atomic mass is 19.4. The van der Waals surface area contributed by atoms with Crippen molar-refractivity contribution in [3.8, 4) is 0 Å². The molecule has 1 fully saturated rings. The summed E-state index contributed by atoms with van der Waals surface area (Å²) in [6.45, 7) is 5.07. The predicted octanol–water partition coefficient (Wildman–Crippen LogP) is 4.06. The number of aromatic nitrogens is 2. The standard InChI is InChI=1S/C23H30F3N3O3/c1-13(2)21-20-14(3)11-15(23(24,25)26)5-10-18(20)22(31)29(28-21)12-19(30)27-16-6-8-17(32-4)9-7-16/h5,10-11,13-14,16-17H,6-9,12H2,1-4H3,(H,27,30). The van der Waals surface area contributed by atoms with E-state index in [1.807, 2.05) is 13.8 Å². The first-order chi connectivity index (χ1) is 15.0. The highest BCUT2D eigenvalue weighted by Crippen LogP contribution is 2.36. The second-order valence-electron chi connectivity index (χ2n) is 8.85. The van der Waals surface area contributed by atoms with Gasteiger partial charge < -0.3 is 10.1 Å². The van der Waals surface area contributed by atoms with Crippen molar-refractivity contribution in [1.29, 1.82) is 0 Å². The van der Waals surface area contributed by atoms with Crippen molar-refractivity contribution in [2.24, 2.45) is 0 Å². The van der Waals surface area contributed by atoms with Crippen molar-refractivity contribution in [2.75, 3.05) is 7.11 Å². The van der Waals surface area contributed by atoms with Gasteiger partial charge >= 0.3 is 6.18 Å². The fourth-order valence-electron chi connectivity index (χ4n) is 4.42. The van der Waals surface area contributed by atoms with Gasteiger partial charge in [-0.05, 0) is 49.3 Å². The van der Waals surface area contributed by atoms with Crippen LogP contribution in [-0.2, 0) is 16.1 Å². The number of carbonyl (C=O) groups excluding carboxylic acids is 1. The van der Waals surface area contributed by atoms with Crippen LogP contribution in [0.2, 0.25) is 0 Å². The molecule has 2 aliphatic rings. The van der Waals surface area contributed by atoms with E-state index in [9.17, 15) is 22.8 Å². The van der Waals surface area contributed by atoms with Crippen LogP contribution in [0.3, 0.4) is 0 Å². The third-order valence-electron chi connectivity index (χ3n) is 6.11. The monoisotopic (exact) mass is 453 g/mol. The summed E-state index contributed by atoms with van der Waals surface area (Å²) >= 11 is 0. The molecule has 176 valence electrons. The number of hydrogen-bond donors (Lipinski definition) is 1. The van der Waals surface area contributed by atoms with E-state index in [4.69, 9.17) is 4.74 Å². The number of halogens is 3. The van der Waals surface area contributed by atoms with Gasteiger partial charge in [-0.3, -0.25) is 9.59 Å². The molecule has 1 aromatic heterocycles. The smallest absolute Gasteiger partial charge is 0.381 e. The lowest BCUT2D eigenvalue weighted by atomic mass is 9.91. The maximum atomic E-state index is 13.3. The van der Waals surface area contributed by atoms with Crippen LogP contribution in [0.1, 0.15) is 75.1 Å². The third kappa shape index (κ3) is 5.31. The summed E-state index contributed by atoms with van der Waals surface area (Å²) in [5, 5.41) is 7.35. The number of fused-ring (bicyclic) bond motifs is 1. The largest absolute Gasteiger partial charge is 0.416 e. The quantitative estimate of drug-likeness (QED) is 0.730. The fourth-order valence-corrected chi connectivity index (χ4v) is 4.42. The number of rotatable bonds is 5. The Hall–Kier alpha value is -2.42. The zero-order valence-electron chi connectivity index (χ0n) is 18.8. The van der Waals surface area contributed by atoms with E-state index in [1.165, 1.54) is 6.08 Å². The Morgan fingerprint density at radius 2 is 1.91 bits per heavy atom. The van der Waals surface area contributed by atoms with Gasteiger partial charge in [0.2, 0.25) is 5.91 Å². The van der Waals surface area contributed by atoms with Crippen LogP contribution in [0.25, 0.3) is 6.08 Å². The minimum absolute atomic E-state index is 0.00783. The maximum Gasteiger partial charge on any atom is 0.416 e. The van der Waals surface area contributed by atoms with Gasteiger partial charge in [0.1, 0.15) is 6.54 Å². The number of amides is 1. The number of nitrogens with one attached hydrogen (secondary N) is 1. The van der Waals surface area contributed by atoms with Crippen LogP contribution in [0.5, 0.6) is 0 Å². The Balaban J connectivity index is 1.89. The molecule has 0 aromatic carbocycles. The lowest BCUT2D eigenvalue weighted by molar-refractivity contribution is -0.123. The average Bonchev–Trinajstić information content (AvgIpc) is 2.90. The summed E-state index contributed by atoms with van der Waals surface area (Å²) in [7, 11) is 1.68. The first-order valence-corrected chi connectivity index (χ1v) is 10.9. The molecule has 1 N–H and O–H groups in total. The van der Waals surface area contributed by atoms with Gasteiger partial charge in [-0.1, -0.05) is 26.8 Å². The molecule has 0 saturated heterocycles. The van der Waals surface area contributed by atoms with E-state index in [0.29, 0.717) is 11.3 Å². The van der Waals surface area contributed by atoms with Crippen molar-refractivity contribution in [2.45, 2.75) is 83.2 Å². The van der Waals surface area contributed by atoms with E-state index < -0.39 is 23.2 Å². The maximum absolute atomic E-state index is 13.3. The fraction of sp³-hybridized carbons (Fsp3) is 0.609. The zero-order valence-corrected chi connectivity index (χ0v) is 18.8. The molecule has 0 spiro atoms. The molecule has 1 atom stereocenters. The van der Waals surface area contributed by atoms with Crippen LogP contribution in [0, 0.1) is 0 Å². The molecule has 6 nitrogen and oxygen atoms in total. The second-order valence-corrected chi connectivity index (χ2v) is 8.85. The molecule has 1 saturated carbocycles. The predicted molar refractivity (Wildman–Crippen MR) is 115 cm³/mol. The first kappa shape index (κ1) is 24.2. The van der Waals surface area contributed by atoms with Gasteiger partial charge in [-0.25, -0.2) is 4.68 Å². The van der Waals surface area contributed by atoms with Crippen molar-refractivity contribution in [3.63, 3.8) is 0 Å². The molecule has 1 unspecified atom stereocenters. The number of methoxy groups -OCH3 is 1.